The first kappa shape index (κ1) is 15.8. The molecule has 1 heterocycles. The summed E-state index contributed by atoms with van der Waals surface area (Å²) in [6, 6.07) is 7.18. The molecule has 124 valence electrons. The van der Waals surface area contributed by atoms with Gasteiger partial charge < -0.3 is 15.0 Å². The van der Waals surface area contributed by atoms with Crippen LogP contribution in [-0.2, 0) is 4.79 Å². The largest absolute Gasteiger partial charge is 0.497 e. The van der Waals surface area contributed by atoms with Crippen molar-refractivity contribution in [3.8, 4) is 5.75 Å². The molecule has 5 nitrogen and oxygen atoms in total. The van der Waals surface area contributed by atoms with Crippen molar-refractivity contribution in [2.45, 2.75) is 25.7 Å². The molecule has 2 fully saturated rings. The van der Waals surface area contributed by atoms with Crippen molar-refractivity contribution in [2.24, 2.45) is 11.8 Å². The highest BCUT2D eigenvalue weighted by atomic mass is 16.5. The third kappa shape index (κ3) is 4.03. The molecule has 1 aliphatic heterocycles. The Balaban J connectivity index is 1.60. The minimum atomic E-state index is -0.0861. The second-order valence-electron chi connectivity index (χ2n) is 6.51. The third-order valence-corrected chi connectivity index (χ3v) is 4.66. The minimum Gasteiger partial charge on any atom is -0.497 e. The minimum absolute atomic E-state index is 0.0245. The van der Waals surface area contributed by atoms with E-state index in [0.29, 0.717) is 30.3 Å². The van der Waals surface area contributed by atoms with Gasteiger partial charge in [-0.15, -0.1) is 0 Å². The fraction of sp³-hybridized carbons (Fsp3) is 0.556. The molecule has 1 unspecified atom stereocenters. The Morgan fingerprint density at radius 2 is 2.13 bits per heavy atom. The Bertz CT molecular complexity index is 583. The summed E-state index contributed by atoms with van der Waals surface area (Å²) in [6.45, 7) is 2.01. The molecular weight excluding hydrogens is 292 g/mol. The van der Waals surface area contributed by atoms with Gasteiger partial charge in [0.15, 0.2) is 0 Å². The van der Waals surface area contributed by atoms with Crippen molar-refractivity contribution < 1.29 is 14.3 Å². The number of rotatable bonds is 5. The highest BCUT2D eigenvalue weighted by molar-refractivity contribution is 5.95. The second-order valence-corrected chi connectivity index (χ2v) is 6.51. The van der Waals surface area contributed by atoms with Gasteiger partial charge in [0.05, 0.1) is 13.0 Å². The van der Waals surface area contributed by atoms with Gasteiger partial charge in [0, 0.05) is 25.2 Å². The molecule has 1 aliphatic carbocycles. The Labute approximate surface area is 137 Å². The fourth-order valence-corrected chi connectivity index (χ4v) is 3.03. The molecule has 2 aliphatic rings. The van der Waals surface area contributed by atoms with Gasteiger partial charge >= 0.3 is 0 Å². The summed E-state index contributed by atoms with van der Waals surface area (Å²) in [7, 11) is 1.59. The number of nitrogens with one attached hydrogen (secondary N) is 1. The molecule has 2 amide bonds. The van der Waals surface area contributed by atoms with Gasteiger partial charge in [0.25, 0.3) is 5.91 Å². The van der Waals surface area contributed by atoms with Gasteiger partial charge in [-0.3, -0.25) is 9.59 Å². The molecule has 5 heteroatoms. The number of hydrogen-bond acceptors (Lipinski definition) is 3. The van der Waals surface area contributed by atoms with E-state index in [2.05, 4.69) is 5.32 Å². The van der Waals surface area contributed by atoms with Crippen LogP contribution in [0.2, 0.25) is 0 Å². The molecule has 23 heavy (non-hydrogen) atoms. The molecule has 1 saturated heterocycles. The van der Waals surface area contributed by atoms with Crippen LogP contribution < -0.4 is 10.1 Å². The fourth-order valence-electron chi connectivity index (χ4n) is 3.03. The van der Waals surface area contributed by atoms with Crippen LogP contribution in [-0.4, -0.2) is 43.5 Å². The summed E-state index contributed by atoms with van der Waals surface area (Å²) in [5.74, 6) is 1.34. The number of amides is 2. The molecule has 1 aromatic carbocycles. The number of hydrogen-bond donors (Lipinski definition) is 1. The number of carbonyl (C=O) groups excluding carboxylic acids is 2. The number of benzene rings is 1. The van der Waals surface area contributed by atoms with Crippen LogP contribution in [0.5, 0.6) is 5.75 Å². The van der Waals surface area contributed by atoms with E-state index < -0.39 is 0 Å². The van der Waals surface area contributed by atoms with Crippen molar-refractivity contribution in [2.75, 3.05) is 26.7 Å². The Morgan fingerprint density at radius 3 is 2.87 bits per heavy atom. The number of ether oxygens (including phenoxy) is 1. The van der Waals surface area contributed by atoms with Crippen LogP contribution in [0, 0.1) is 11.8 Å². The van der Waals surface area contributed by atoms with E-state index in [4.69, 9.17) is 4.74 Å². The normalized spacial score (nSPS) is 20.9. The molecule has 1 N–H and O–H groups in total. The van der Waals surface area contributed by atoms with Crippen LogP contribution in [0.1, 0.15) is 36.0 Å². The zero-order valence-electron chi connectivity index (χ0n) is 13.6. The molecule has 1 atom stereocenters. The van der Waals surface area contributed by atoms with Gasteiger partial charge in [-0.25, -0.2) is 0 Å². The van der Waals surface area contributed by atoms with Crippen LogP contribution >= 0.6 is 0 Å². The smallest absolute Gasteiger partial charge is 0.254 e. The average molecular weight is 316 g/mol. The van der Waals surface area contributed by atoms with Crippen molar-refractivity contribution >= 4 is 11.8 Å². The summed E-state index contributed by atoms with van der Waals surface area (Å²) < 4.78 is 5.18. The number of likely N-dealkylation sites (tertiary alicyclic amines) is 1. The Kier molecular flexibility index (Phi) is 4.84. The van der Waals surface area contributed by atoms with E-state index in [9.17, 15) is 9.59 Å². The van der Waals surface area contributed by atoms with Gasteiger partial charge in [-0.2, -0.15) is 0 Å². The van der Waals surface area contributed by atoms with E-state index in [1.807, 2.05) is 12.1 Å². The number of methoxy groups -OCH3 is 1. The highest BCUT2D eigenvalue weighted by Crippen LogP contribution is 2.28. The lowest BCUT2D eigenvalue weighted by Crippen LogP contribution is -2.45. The summed E-state index contributed by atoms with van der Waals surface area (Å²) in [5.41, 5.74) is 0.614. The van der Waals surface area contributed by atoms with Crippen molar-refractivity contribution in [3.05, 3.63) is 29.8 Å². The summed E-state index contributed by atoms with van der Waals surface area (Å²) in [5, 5.41) is 3.03. The van der Waals surface area contributed by atoms with Crippen molar-refractivity contribution in [1.29, 1.82) is 0 Å². The zero-order chi connectivity index (χ0) is 16.2. The lowest BCUT2D eigenvalue weighted by molar-refractivity contribution is -0.126. The zero-order valence-corrected chi connectivity index (χ0v) is 13.6. The van der Waals surface area contributed by atoms with Crippen LogP contribution in [0.25, 0.3) is 0 Å². The molecule has 0 aromatic heterocycles. The number of nitrogens with zero attached hydrogens (tertiary/aromatic N) is 1. The maximum absolute atomic E-state index is 12.7. The lowest BCUT2D eigenvalue weighted by atomic mass is 9.96. The third-order valence-electron chi connectivity index (χ3n) is 4.66. The first-order valence-corrected chi connectivity index (χ1v) is 8.38. The first-order chi connectivity index (χ1) is 11.2. The molecule has 0 bridgehead atoms. The van der Waals surface area contributed by atoms with Gasteiger partial charge in [-0.05, 0) is 49.8 Å². The van der Waals surface area contributed by atoms with E-state index in [-0.39, 0.29) is 17.7 Å². The summed E-state index contributed by atoms with van der Waals surface area (Å²) in [4.78, 5) is 26.7. The van der Waals surface area contributed by atoms with Crippen LogP contribution in [0.3, 0.4) is 0 Å². The predicted molar refractivity (Wildman–Crippen MR) is 87.4 cm³/mol. The molecule has 1 aromatic rings. The van der Waals surface area contributed by atoms with Crippen molar-refractivity contribution in [1.82, 2.24) is 10.2 Å². The first-order valence-electron chi connectivity index (χ1n) is 8.38. The monoisotopic (exact) mass is 316 g/mol. The lowest BCUT2D eigenvalue weighted by Gasteiger charge is -2.32. The average Bonchev–Trinajstić information content (AvgIpc) is 3.43. The second kappa shape index (κ2) is 7.02. The Hall–Kier alpha value is -2.04. The Morgan fingerprint density at radius 1 is 1.30 bits per heavy atom. The predicted octanol–water partition coefficient (Wildman–Crippen LogP) is 2.07. The van der Waals surface area contributed by atoms with E-state index in [1.165, 1.54) is 12.8 Å². The molecule has 3 rings (SSSR count). The quantitative estimate of drug-likeness (QED) is 0.905. The molecule has 0 spiro atoms. The number of carbonyl (C=O) groups is 2. The molecule has 1 saturated carbocycles. The van der Waals surface area contributed by atoms with E-state index >= 15 is 0 Å². The summed E-state index contributed by atoms with van der Waals surface area (Å²) in [6.07, 6.45) is 4.19. The standard InChI is InChI=1S/C18H24N2O3/c1-23-16-6-2-4-14(10-16)18(22)20-9-3-5-15(12-20)17(21)19-11-13-7-8-13/h2,4,6,10,13,15H,3,5,7-9,11-12H2,1H3,(H,19,21). The SMILES string of the molecule is COc1cccc(C(=O)N2CCCC(C(=O)NCC3CC3)C2)c1. The molecular formula is C18H24N2O3. The highest BCUT2D eigenvalue weighted by Gasteiger charge is 2.30. The topological polar surface area (TPSA) is 58.6 Å². The van der Waals surface area contributed by atoms with Gasteiger partial charge in [0.2, 0.25) is 5.91 Å². The maximum Gasteiger partial charge on any atom is 0.254 e. The van der Waals surface area contributed by atoms with Crippen molar-refractivity contribution in [3.63, 3.8) is 0 Å². The van der Waals surface area contributed by atoms with Crippen LogP contribution in [0.15, 0.2) is 24.3 Å². The maximum atomic E-state index is 12.7. The van der Waals surface area contributed by atoms with Gasteiger partial charge in [0.1, 0.15) is 5.75 Å². The molecule has 0 radical (unpaired) electrons. The van der Waals surface area contributed by atoms with Crippen LogP contribution in [0.4, 0.5) is 0 Å². The number of piperidine rings is 1. The van der Waals surface area contributed by atoms with Gasteiger partial charge in [-0.1, -0.05) is 6.07 Å². The summed E-state index contributed by atoms with van der Waals surface area (Å²) >= 11 is 0. The van der Waals surface area contributed by atoms with E-state index in [0.717, 1.165) is 19.4 Å². The van der Waals surface area contributed by atoms with E-state index in [1.54, 1.807) is 24.1 Å².